The molecule has 1 aromatic heterocycles. The maximum Gasteiger partial charge on any atom is 0.245 e. The monoisotopic (exact) mass is 287 g/mol. The van der Waals surface area contributed by atoms with E-state index in [4.69, 9.17) is 10.5 Å². The zero-order valence-electron chi connectivity index (χ0n) is 12.2. The third-order valence-electron chi connectivity index (χ3n) is 3.66. The molecule has 1 unspecified atom stereocenters. The van der Waals surface area contributed by atoms with Crippen LogP contribution in [0.5, 0.6) is 5.75 Å². The number of benzene rings is 1. The van der Waals surface area contributed by atoms with Gasteiger partial charge >= 0.3 is 0 Å². The van der Waals surface area contributed by atoms with E-state index >= 15 is 0 Å². The highest BCUT2D eigenvalue weighted by Gasteiger charge is 2.21. The number of nitrogens with one attached hydrogen (secondary N) is 1. The minimum Gasteiger partial charge on any atom is -0.493 e. The normalized spacial score (nSPS) is 18.8. The number of anilines is 1. The number of rotatable bonds is 4. The molecule has 3 rings (SSSR count). The van der Waals surface area contributed by atoms with Gasteiger partial charge in [0.25, 0.3) is 0 Å². The van der Waals surface area contributed by atoms with E-state index < -0.39 is 0 Å². The molecule has 1 aliphatic rings. The minimum absolute atomic E-state index is 0.205. The van der Waals surface area contributed by atoms with Crippen molar-refractivity contribution in [2.45, 2.75) is 25.8 Å². The lowest BCUT2D eigenvalue weighted by Crippen LogP contribution is -2.43. The van der Waals surface area contributed by atoms with E-state index in [0.717, 1.165) is 43.1 Å². The summed E-state index contributed by atoms with van der Waals surface area (Å²) in [4.78, 5) is 6.74. The molecule has 3 N–H and O–H groups in total. The van der Waals surface area contributed by atoms with Crippen molar-refractivity contribution in [2.24, 2.45) is 5.73 Å². The van der Waals surface area contributed by atoms with E-state index in [1.807, 2.05) is 31.2 Å². The van der Waals surface area contributed by atoms with Crippen LogP contribution in [0.2, 0.25) is 0 Å². The zero-order valence-corrected chi connectivity index (χ0v) is 12.2. The molecule has 0 radical (unpaired) electrons. The molecule has 0 spiro atoms. The Bertz CT molecular complexity index is 597. The van der Waals surface area contributed by atoms with Gasteiger partial charge in [-0.15, -0.1) is 5.10 Å². The molecule has 0 saturated carbocycles. The predicted octanol–water partition coefficient (Wildman–Crippen LogP) is 1.80. The maximum atomic E-state index is 6.02. The van der Waals surface area contributed by atoms with E-state index in [2.05, 4.69) is 20.1 Å². The Labute approximate surface area is 124 Å². The first-order chi connectivity index (χ1) is 10.3. The minimum atomic E-state index is 0.205. The van der Waals surface area contributed by atoms with Crippen molar-refractivity contribution in [1.82, 2.24) is 15.2 Å². The summed E-state index contributed by atoms with van der Waals surface area (Å²) in [5, 5.41) is 7.34. The first-order valence-electron chi connectivity index (χ1n) is 7.43. The second-order valence-electron chi connectivity index (χ2n) is 5.26. The summed E-state index contributed by atoms with van der Waals surface area (Å²) in [5.41, 5.74) is 6.95. The molecule has 6 heteroatoms. The highest BCUT2D eigenvalue weighted by Crippen LogP contribution is 2.28. The predicted molar refractivity (Wildman–Crippen MR) is 82.4 cm³/mol. The number of H-pyrrole nitrogens is 1. The van der Waals surface area contributed by atoms with Crippen LogP contribution < -0.4 is 15.4 Å². The van der Waals surface area contributed by atoms with E-state index in [1.165, 1.54) is 0 Å². The van der Waals surface area contributed by atoms with E-state index in [-0.39, 0.29) is 6.04 Å². The summed E-state index contributed by atoms with van der Waals surface area (Å²) in [7, 11) is 0. The number of aromatic nitrogens is 3. The van der Waals surface area contributed by atoms with Crippen molar-refractivity contribution < 1.29 is 4.74 Å². The van der Waals surface area contributed by atoms with Gasteiger partial charge in [0.1, 0.15) is 5.75 Å². The maximum absolute atomic E-state index is 6.02. The highest BCUT2D eigenvalue weighted by atomic mass is 16.5. The number of ether oxygens (including phenoxy) is 1. The molecule has 1 fully saturated rings. The summed E-state index contributed by atoms with van der Waals surface area (Å²) in [5.74, 6) is 2.26. The number of nitrogens with two attached hydrogens (primary N) is 1. The van der Waals surface area contributed by atoms with Crippen LogP contribution >= 0.6 is 0 Å². The van der Waals surface area contributed by atoms with Crippen LogP contribution in [0.1, 0.15) is 19.8 Å². The smallest absolute Gasteiger partial charge is 0.245 e. The largest absolute Gasteiger partial charge is 0.493 e. The Balaban J connectivity index is 1.84. The molecule has 1 aromatic carbocycles. The van der Waals surface area contributed by atoms with Gasteiger partial charge in [-0.2, -0.15) is 4.98 Å². The van der Waals surface area contributed by atoms with Gasteiger partial charge in [0, 0.05) is 19.1 Å². The lowest BCUT2D eigenvalue weighted by Gasteiger charge is -2.29. The summed E-state index contributed by atoms with van der Waals surface area (Å²) < 4.78 is 5.64. The number of hydrogen-bond acceptors (Lipinski definition) is 5. The van der Waals surface area contributed by atoms with Crippen LogP contribution in [0.25, 0.3) is 11.4 Å². The number of nitrogens with zero attached hydrogens (tertiary/aromatic N) is 3. The number of piperidine rings is 1. The standard InChI is InChI=1S/C15H21N5O/c1-2-21-13-8-4-3-7-12(13)14-17-15(19-18-14)20-9-5-6-11(16)10-20/h3-4,7-8,11H,2,5-6,9-10,16H2,1H3,(H,17,18,19). The van der Waals surface area contributed by atoms with Gasteiger partial charge in [-0.25, -0.2) is 0 Å². The van der Waals surface area contributed by atoms with Crippen molar-refractivity contribution in [3.8, 4) is 17.1 Å². The quantitative estimate of drug-likeness (QED) is 0.896. The lowest BCUT2D eigenvalue weighted by atomic mass is 10.1. The molecule has 1 atom stereocenters. The van der Waals surface area contributed by atoms with Gasteiger partial charge in [0.15, 0.2) is 5.82 Å². The molecule has 1 saturated heterocycles. The Hall–Kier alpha value is -2.08. The zero-order chi connectivity index (χ0) is 14.7. The van der Waals surface area contributed by atoms with Crippen molar-refractivity contribution in [3.05, 3.63) is 24.3 Å². The molecular formula is C15H21N5O. The van der Waals surface area contributed by atoms with E-state index in [1.54, 1.807) is 0 Å². The Morgan fingerprint density at radius 1 is 1.43 bits per heavy atom. The van der Waals surface area contributed by atoms with Crippen LogP contribution in [-0.4, -0.2) is 40.9 Å². The Kier molecular flexibility index (Phi) is 4.06. The number of para-hydroxylation sites is 1. The molecule has 2 aromatic rings. The van der Waals surface area contributed by atoms with Crippen LogP contribution in [0.15, 0.2) is 24.3 Å². The SMILES string of the molecule is CCOc1ccccc1-c1nc(N2CCCC(N)C2)n[nH]1. The van der Waals surface area contributed by atoms with Crippen molar-refractivity contribution in [3.63, 3.8) is 0 Å². The fourth-order valence-electron chi connectivity index (χ4n) is 2.65. The molecule has 0 bridgehead atoms. The fourth-order valence-corrected chi connectivity index (χ4v) is 2.65. The average molecular weight is 287 g/mol. The molecule has 112 valence electrons. The molecular weight excluding hydrogens is 266 g/mol. The van der Waals surface area contributed by atoms with Crippen molar-refractivity contribution >= 4 is 5.95 Å². The van der Waals surface area contributed by atoms with E-state index in [0.29, 0.717) is 12.6 Å². The molecule has 2 heterocycles. The van der Waals surface area contributed by atoms with Gasteiger partial charge in [0.05, 0.1) is 12.2 Å². The van der Waals surface area contributed by atoms with Gasteiger partial charge in [-0.05, 0) is 31.9 Å². The number of hydrogen-bond donors (Lipinski definition) is 2. The topological polar surface area (TPSA) is 80.1 Å². The van der Waals surface area contributed by atoms with Gasteiger partial charge in [-0.3, -0.25) is 5.10 Å². The first kappa shape index (κ1) is 13.9. The van der Waals surface area contributed by atoms with Crippen LogP contribution in [0, 0.1) is 0 Å². The van der Waals surface area contributed by atoms with Crippen LogP contribution in [-0.2, 0) is 0 Å². The molecule has 0 amide bonds. The van der Waals surface area contributed by atoms with Crippen molar-refractivity contribution in [2.75, 3.05) is 24.6 Å². The number of aromatic amines is 1. The second-order valence-corrected chi connectivity index (χ2v) is 5.26. The first-order valence-corrected chi connectivity index (χ1v) is 7.43. The third-order valence-corrected chi connectivity index (χ3v) is 3.66. The van der Waals surface area contributed by atoms with Gasteiger partial charge in [-0.1, -0.05) is 12.1 Å². The lowest BCUT2D eigenvalue weighted by molar-refractivity contribution is 0.341. The average Bonchev–Trinajstić information content (AvgIpc) is 2.98. The van der Waals surface area contributed by atoms with E-state index in [9.17, 15) is 0 Å². The Morgan fingerprint density at radius 3 is 3.10 bits per heavy atom. The summed E-state index contributed by atoms with van der Waals surface area (Å²) in [6, 6.07) is 8.05. The molecule has 1 aliphatic heterocycles. The fraction of sp³-hybridized carbons (Fsp3) is 0.467. The highest BCUT2D eigenvalue weighted by molar-refractivity contribution is 5.64. The Morgan fingerprint density at radius 2 is 2.29 bits per heavy atom. The summed E-state index contributed by atoms with van der Waals surface area (Å²) in [6.45, 7) is 4.36. The third kappa shape index (κ3) is 3.00. The van der Waals surface area contributed by atoms with Gasteiger partial charge < -0.3 is 15.4 Å². The van der Waals surface area contributed by atoms with Crippen molar-refractivity contribution in [1.29, 1.82) is 0 Å². The van der Waals surface area contributed by atoms with Gasteiger partial charge in [0.2, 0.25) is 5.95 Å². The second kappa shape index (κ2) is 6.13. The van der Waals surface area contributed by atoms with Crippen LogP contribution in [0.3, 0.4) is 0 Å². The summed E-state index contributed by atoms with van der Waals surface area (Å²) in [6.07, 6.45) is 2.15. The molecule has 6 nitrogen and oxygen atoms in total. The molecule has 21 heavy (non-hydrogen) atoms. The summed E-state index contributed by atoms with van der Waals surface area (Å²) >= 11 is 0. The molecule has 0 aliphatic carbocycles. The van der Waals surface area contributed by atoms with Crippen LogP contribution in [0.4, 0.5) is 5.95 Å².